The molecule has 6 heteroatoms. The molecular formula is C19H14ClN3OS. The largest absolute Gasteiger partial charge is 0.341 e. The molecule has 0 aliphatic carbocycles. The molecule has 0 saturated heterocycles. The second kappa shape index (κ2) is 6.70. The smallest absolute Gasteiger partial charge is 0.254 e. The zero-order valence-corrected chi connectivity index (χ0v) is 14.6. The first kappa shape index (κ1) is 15.9. The molecule has 0 radical (unpaired) electrons. The molecule has 2 N–H and O–H groups in total. The Morgan fingerprint density at radius 3 is 2.72 bits per heavy atom. The lowest BCUT2D eigenvalue weighted by molar-refractivity contribution is 0.0944. The Kier molecular flexibility index (Phi) is 4.26. The number of benzene rings is 2. The molecule has 0 spiro atoms. The monoisotopic (exact) mass is 367 g/mol. The van der Waals surface area contributed by atoms with Crippen molar-refractivity contribution >= 4 is 39.7 Å². The van der Waals surface area contributed by atoms with Crippen molar-refractivity contribution in [3.63, 3.8) is 0 Å². The SMILES string of the molecule is O=C(NC(c1ccc(Cl)cc1)c1ccsc1)c1cccc2cn[nH]c12. The summed E-state index contributed by atoms with van der Waals surface area (Å²) in [6.45, 7) is 0. The van der Waals surface area contributed by atoms with Crippen LogP contribution < -0.4 is 5.32 Å². The van der Waals surface area contributed by atoms with Crippen molar-refractivity contribution in [2.45, 2.75) is 6.04 Å². The van der Waals surface area contributed by atoms with Gasteiger partial charge in [0.25, 0.3) is 5.91 Å². The average molecular weight is 368 g/mol. The molecule has 1 unspecified atom stereocenters. The van der Waals surface area contributed by atoms with Gasteiger partial charge in [0.05, 0.1) is 23.3 Å². The number of halogens is 1. The summed E-state index contributed by atoms with van der Waals surface area (Å²) in [6, 6.07) is 14.9. The van der Waals surface area contributed by atoms with Crippen LogP contribution in [0.4, 0.5) is 0 Å². The zero-order chi connectivity index (χ0) is 17.2. The van der Waals surface area contributed by atoms with Crippen LogP contribution in [0.15, 0.2) is 65.5 Å². The van der Waals surface area contributed by atoms with Gasteiger partial charge in [-0.05, 0) is 46.2 Å². The van der Waals surface area contributed by atoms with Gasteiger partial charge in [-0.25, -0.2) is 0 Å². The summed E-state index contributed by atoms with van der Waals surface area (Å²) in [5.41, 5.74) is 3.33. The number of aromatic nitrogens is 2. The first-order valence-electron chi connectivity index (χ1n) is 7.73. The number of amides is 1. The highest BCUT2D eigenvalue weighted by Crippen LogP contribution is 2.26. The molecule has 0 fully saturated rings. The number of thiophene rings is 1. The molecule has 0 saturated carbocycles. The van der Waals surface area contributed by atoms with Crippen molar-refractivity contribution in [3.8, 4) is 0 Å². The highest BCUT2D eigenvalue weighted by atomic mass is 35.5. The topological polar surface area (TPSA) is 57.8 Å². The van der Waals surface area contributed by atoms with Gasteiger partial charge in [0.1, 0.15) is 0 Å². The molecular weight excluding hydrogens is 354 g/mol. The number of carbonyl (C=O) groups excluding carboxylic acids is 1. The predicted octanol–water partition coefficient (Wildman–Crippen LogP) is 4.80. The molecule has 4 rings (SSSR count). The third-order valence-corrected chi connectivity index (χ3v) is 5.03. The van der Waals surface area contributed by atoms with E-state index in [-0.39, 0.29) is 11.9 Å². The van der Waals surface area contributed by atoms with E-state index in [4.69, 9.17) is 11.6 Å². The summed E-state index contributed by atoms with van der Waals surface area (Å²) in [6.07, 6.45) is 1.71. The van der Waals surface area contributed by atoms with Crippen LogP contribution >= 0.6 is 22.9 Å². The Balaban J connectivity index is 1.70. The summed E-state index contributed by atoms with van der Waals surface area (Å²) < 4.78 is 0. The van der Waals surface area contributed by atoms with Crippen LogP contribution in [0.5, 0.6) is 0 Å². The third-order valence-electron chi connectivity index (χ3n) is 4.08. The van der Waals surface area contributed by atoms with Crippen molar-refractivity contribution < 1.29 is 4.79 Å². The second-order valence-electron chi connectivity index (χ2n) is 5.65. The van der Waals surface area contributed by atoms with E-state index in [1.54, 1.807) is 23.6 Å². The normalized spacial score (nSPS) is 12.2. The molecule has 0 aliphatic rings. The minimum Gasteiger partial charge on any atom is -0.341 e. The molecule has 0 bridgehead atoms. The van der Waals surface area contributed by atoms with E-state index in [2.05, 4.69) is 15.5 Å². The Morgan fingerprint density at radius 2 is 1.96 bits per heavy atom. The lowest BCUT2D eigenvalue weighted by Crippen LogP contribution is -2.29. The molecule has 4 nitrogen and oxygen atoms in total. The van der Waals surface area contributed by atoms with Crippen molar-refractivity contribution in [1.82, 2.24) is 15.5 Å². The fourth-order valence-corrected chi connectivity index (χ4v) is 3.63. The van der Waals surface area contributed by atoms with Crippen LogP contribution in [0.3, 0.4) is 0 Å². The standard InChI is InChI=1S/C19H14ClN3OS/c20-15-6-4-12(5-7-15)17(14-8-9-25-11-14)22-19(24)16-3-1-2-13-10-21-23-18(13)16/h1-11,17H,(H,21,23)(H,22,24). The third kappa shape index (κ3) is 3.16. The van der Waals surface area contributed by atoms with E-state index in [1.165, 1.54) is 0 Å². The van der Waals surface area contributed by atoms with E-state index in [9.17, 15) is 4.79 Å². The van der Waals surface area contributed by atoms with E-state index in [0.29, 0.717) is 10.6 Å². The molecule has 124 valence electrons. The summed E-state index contributed by atoms with van der Waals surface area (Å²) in [7, 11) is 0. The van der Waals surface area contributed by atoms with Gasteiger partial charge in [-0.2, -0.15) is 16.4 Å². The summed E-state index contributed by atoms with van der Waals surface area (Å²) in [5.74, 6) is -0.152. The van der Waals surface area contributed by atoms with Gasteiger partial charge in [0.2, 0.25) is 0 Å². The number of rotatable bonds is 4. The van der Waals surface area contributed by atoms with Gasteiger partial charge in [0.15, 0.2) is 0 Å². The first-order chi connectivity index (χ1) is 12.2. The van der Waals surface area contributed by atoms with Gasteiger partial charge in [-0.15, -0.1) is 0 Å². The van der Waals surface area contributed by atoms with Crippen molar-refractivity contribution in [3.05, 3.63) is 87.2 Å². The van der Waals surface area contributed by atoms with Crippen LogP contribution in [0, 0.1) is 0 Å². The lowest BCUT2D eigenvalue weighted by atomic mass is 10.0. The van der Waals surface area contributed by atoms with Crippen LogP contribution in [0.25, 0.3) is 10.9 Å². The van der Waals surface area contributed by atoms with Gasteiger partial charge in [0, 0.05) is 10.4 Å². The van der Waals surface area contributed by atoms with Crippen LogP contribution in [-0.4, -0.2) is 16.1 Å². The Hall–Kier alpha value is -2.63. The van der Waals surface area contributed by atoms with Gasteiger partial charge >= 0.3 is 0 Å². The summed E-state index contributed by atoms with van der Waals surface area (Å²) >= 11 is 7.60. The van der Waals surface area contributed by atoms with E-state index >= 15 is 0 Å². The number of hydrogen-bond acceptors (Lipinski definition) is 3. The highest BCUT2D eigenvalue weighted by Gasteiger charge is 2.20. The maximum atomic E-state index is 12.9. The first-order valence-corrected chi connectivity index (χ1v) is 9.05. The highest BCUT2D eigenvalue weighted by molar-refractivity contribution is 7.08. The fraction of sp³-hybridized carbons (Fsp3) is 0.0526. The molecule has 4 aromatic rings. The van der Waals surface area contributed by atoms with E-state index < -0.39 is 0 Å². The summed E-state index contributed by atoms with van der Waals surface area (Å²) in [5, 5.41) is 15.7. The van der Waals surface area contributed by atoms with Crippen molar-refractivity contribution in [2.75, 3.05) is 0 Å². The molecule has 2 heterocycles. The molecule has 25 heavy (non-hydrogen) atoms. The number of nitrogens with zero attached hydrogens (tertiary/aromatic N) is 1. The maximum absolute atomic E-state index is 12.9. The number of aromatic amines is 1. The van der Waals surface area contributed by atoms with Crippen LogP contribution in [0.2, 0.25) is 5.02 Å². The number of H-pyrrole nitrogens is 1. The average Bonchev–Trinajstić information content (AvgIpc) is 3.31. The van der Waals surface area contributed by atoms with Crippen LogP contribution in [-0.2, 0) is 0 Å². The molecule has 2 aromatic carbocycles. The van der Waals surface area contributed by atoms with Crippen molar-refractivity contribution in [2.24, 2.45) is 0 Å². The van der Waals surface area contributed by atoms with Crippen LogP contribution in [0.1, 0.15) is 27.5 Å². The second-order valence-corrected chi connectivity index (χ2v) is 6.87. The quantitative estimate of drug-likeness (QED) is 0.544. The van der Waals surface area contributed by atoms with Gasteiger partial charge < -0.3 is 5.32 Å². The predicted molar refractivity (Wildman–Crippen MR) is 101 cm³/mol. The lowest BCUT2D eigenvalue weighted by Gasteiger charge is -2.19. The summed E-state index contributed by atoms with van der Waals surface area (Å²) in [4.78, 5) is 12.9. The minimum absolute atomic E-state index is 0.152. The fourth-order valence-electron chi connectivity index (χ4n) is 2.82. The van der Waals surface area contributed by atoms with Gasteiger partial charge in [-0.3, -0.25) is 9.89 Å². The Labute approximate surface area is 153 Å². The molecule has 0 aliphatic heterocycles. The number of para-hydroxylation sites is 1. The number of hydrogen-bond donors (Lipinski definition) is 2. The Morgan fingerprint density at radius 1 is 1.12 bits per heavy atom. The van der Waals surface area contributed by atoms with Crippen molar-refractivity contribution in [1.29, 1.82) is 0 Å². The molecule has 1 amide bonds. The molecule has 1 atom stereocenters. The number of carbonyl (C=O) groups is 1. The number of fused-ring (bicyclic) bond motifs is 1. The molecule has 2 aromatic heterocycles. The maximum Gasteiger partial charge on any atom is 0.254 e. The number of nitrogens with one attached hydrogen (secondary N) is 2. The zero-order valence-electron chi connectivity index (χ0n) is 13.1. The Bertz CT molecular complexity index is 1010. The van der Waals surface area contributed by atoms with E-state index in [0.717, 1.165) is 22.0 Å². The van der Waals surface area contributed by atoms with Gasteiger partial charge in [-0.1, -0.05) is 35.9 Å². The minimum atomic E-state index is -0.241. The van der Waals surface area contributed by atoms with E-state index in [1.807, 2.05) is 53.2 Å².